The lowest BCUT2D eigenvalue weighted by Gasteiger charge is -2.24. The number of aryl methyl sites for hydroxylation is 1. The number of aliphatic hydroxyl groups is 1. The number of ether oxygens (including phenoxy) is 1. The summed E-state index contributed by atoms with van der Waals surface area (Å²) in [6.07, 6.45) is 1.23. The molecule has 182 valence electrons. The molecule has 3 aromatic rings. The lowest BCUT2D eigenvalue weighted by Crippen LogP contribution is -2.31. The summed E-state index contributed by atoms with van der Waals surface area (Å²) in [6.45, 7) is 7.34. The number of nitrogens with zero attached hydrogens (tertiary/aromatic N) is 2. The number of rotatable bonds is 9. The second-order valence-electron chi connectivity index (χ2n) is 9.46. The molecular formula is C26H33N3O4S. The van der Waals surface area contributed by atoms with Crippen molar-refractivity contribution in [3.8, 4) is 5.75 Å². The highest BCUT2D eigenvalue weighted by molar-refractivity contribution is 7.89. The molecule has 8 heteroatoms. The Labute approximate surface area is 201 Å². The van der Waals surface area contributed by atoms with Gasteiger partial charge in [-0.2, -0.15) is 4.31 Å². The zero-order chi connectivity index (χ0) is 24.3. The summed E-state index contributed by atoms with van der Waals surface area (Å²) < 4.78 is 34.7. The number of nitrogens with one attached hydrogen (secondary N) is 1. The molecule has 2 heterocycles. The van der Waals surface area contributed by atoms with Gasteiger partial charge in [-0.05, 0) is 56.4 Å². The van der Waals surface area contributed by atoms with Crippen molar-refractivity contribution in [2.24, 2.45) is 5.41 Å². The Hall–Kier alpha value is -2.68. The molecule has 1 fully saturated rings. The first kappa shape index (κ1) is 24.4. The molecule has 0 aliphatic carbocycles. The molecule has 7 nitrogen and oxygen atoms in total. The van der Waals surface area contributed by atoms with Crippen molar-refractivity contribution in [3.05, 3.63) is 60.3 Å². The molecule has 2 unspecified atom stereocenters. The van der Waals surface area contributed by atoms with Crippen LogP contribution in [0.5, 0.6) is 5.75 Å². The zero-order valence-corrected chi connectivity index (χ0v) is 20.8. The quantitative estimate of drug-likeness (QED) is 0.474. The number of hydrogen-bond acceptors (Lipinski definition) is 6. The second-order valence-corrected chi connectivity index (χ2v) is 11.4. The van der Waals surface area contributed by atoms with Gasteiger partial charge >= 0.3 is 0 Å². The third kappa shape index (κ3) is 5.19. The van der Waals surface area contributed by atoms with Crippen LogP contribution in [0.15, 0.2) is 59.5 Å². The SMILES string of the molecule is Cc1cc(NCC(C)Oc2ccccc2)c2cccc(S(=O)(=O)N3CCC(C)(CCO)C3)c2n1. The van der Waals surface area contributed by atoms with Gasteiger partial charge in [-0.3, -0.25) is 4.98 Å². The van der Waals surface area contributed by atoms with Gasteiger partial charge in [-0.15, -0.1) is 0 Å². The Morgan fingerprint density at radius 2 is 1.97 bits per heavy atom. The third-order valence-corrected chi connectivity index (χ3v) is 8.32. The predicted octanol–water partition coefficient (Wildman–Crippen LogP) is 4.21. The molecule has 1 aromatic heterocycles. The maximum Gasteiger partial charge on any atom is 0.245 e. The van der Waals surface area contributed by atoms with E-state index in [1.807, 2.05) is 63.2 Å². The number of anilines is 1. The number of para-hydroxylation sites is 2. The van der Waals surface area contributed by atoms with Gasteiger partial charge in [-0.1, -0.05) is 37.3 Å². The van der Waals surface area contributed by atoms with Crippen LogP contribution in [0, 0.1) is 12.3 Å². The fraction of sp³-hybridized carbons (Fsp3) is 0.423. The highest BCUT2D eigenvalue weighted by Gasteiger charge is 2.40. The number of pyridine rings is 1. The van der Waals surface area contributed by atoms with Crippen LogP contribution in [0.1, 0.15) is 32.4 Å². The van der Waals surface area contributed by atoms with E-state index >= 15 is 0 Å². The van der Waals surface area contributed by atoms with Crippen LogP contribution < -0.4 is 10.1 Å². The van der Waals surface area contributed by atoms with Crippen molar-refractivity contribution in [2.45, 2.75) is 44.6 Å². The van der Waals surface area contributed by atoms with Crippen LogP contribution in [0.4, 0.5) is 5.69 Å². The molecule has 4 rings (SSSR count). The van der Waals surface area contributed by atoms with E-state index in [-0.39, 0.29) is 23.0 Å². The lowest BCUT2D eigenvalue weighted by atomic mass is 9.87. The highest BCUT2D eigenvalue weighted by atomic mass is 32.2. The fourth-order valence-corrected chi connectivity index (χ4v) is 6.27. The molecule has 2 N–H and O–H groups in total. The van der Waals surface area contributed by atoms with Crippen LogP contribution in [0.3, 0.4) is 0 Å². The van der Waals surface area contributed by atoms with E-state index < -0.39 is 10.0 Å². The molecule has 0 radical (unpaired) electrons. The molecule has 1 aliphatic heterocycles. The first-order chi connectivity index (χ1) is 16.2. The van der Waals surface area contributed by atoms with Crippen LogP contribution in [0.25, 0.3) is 10.9 Å². The smallest absolute Gasteiger partial charge is 0.245 e. The first-order valence-electron chi connectivity index (χ1n) is 11.7. The van der Waals surface area contributed by atoms with Crippen molar-refractivity contribution in [1.29, 1.82) is 0 Å². The molecular weight excluding hydrogens is 450 g/mol. The number of hydrogen-bond donors (Lipinski definition) is 2. The van der Waals surface area contributed by atoms with Gasteiger partial charge in [-0.25, -0.2) is 8.42 Å². The summed E-state index contributed by atoms with van der Waals surface area (Å²) in [5.74, 6) is 0.805. The topological polar surface area (TPSA) is 91.8 Å². The molecule has 34 heavy (non-hydrogen) atoms. The Morgan fingerprint density at radius 3 is 2.71 bits per heavy atom. The van der Waals surface area contributed by atoms with E-state index in [9.17, 15) is 13.5 Å². The van der Waals surface area contributed by atoms with Gasteiger partial charge in [0.05, 0.1) is 12.1 Å². The minimum absolute atomic E-state index is 0.0564. The molecule has 0 spiro atoms. The maximum absolute atomic E-state index is 13.6. The predicted molar refractivity (Wildman–Crippen MR) is 135 cm³/mol. The number of benzene rings is 2. The zero-order valence-electron chi connectivity index (χ0n) is 20.0. The van der Waals surface area contributed by atoms with Crippen molar-refractivity contribution < 1.29 is 18.3 Å². The Balaban J connectivity index is 1.60. The summed E-state index contributed by atoms with van der Waals surface area (Å²) in [6, 6.07) is 16.9. The minimum Gasteiger partial charge on any atom is -0.489 e. The standard InChI is InChI=1S/C26H33N3O4S/c1-19-16-23(27-17-20(2)33-21-8-5-4-6-9-21)22-10-7-11-24(25(22)28-19)34(31,32)29-14-12-26(3,18-29)13-15-30/h4-11,16,20,30H,12-15,17-18H2,1-3H3,(H,27,28). The summed E-state index contributed by atoms with van der Waals surface area (Å²) >= 11 is 0. The number of fused-ring (bicyclic) bond motifs is 1. The van der Waals surface area contributed by atoms with Gasteiger partial charge < -0.3 is 15.2 Å². The molecule has 0 bridgehead atoms. The van der Waals surface area contributed by atoms with Gasteiger partial charge in [0, 0.05) is 36.5 Å². The average molecular weight is 484 g/mol. The van der Waals surface area contributed by atoms with Crippen LogP contribution in [-0.2, 0) is 10.0 Å². The lowest BCUT2D eigenvalue weighted by molar-refractivity contribution is 0.206. The summed E-state index contributed by atoms with van der Waals surface area (Å²) in [5.41, 5.74) is 1.82. The number of sulfonamides is 1. The van der Waals surface area contributed by atoms with Crippen molar-refractivity contribution in [1.82, 2.24) is 9.29 Å². The number of aliphatic hydroxyl groups excluding tert-OH is 1. The van der Waals surface area contributed by atoms with Crippen LogP contribution in [0.2, 0.25) is 0 Å². The average Bonchev–Trinajstić information content (AvgIpc) is 3.20. The second kappa shape index (κ2) is 9.90. The van der Waals surface area contributed by atoms with Crippen molar-refractivity contribution in [3.63, 3.8) is 0 Å². The van der Waals surface area contributed by atoms with Gasteiger partial charge in [0.15, 0.2) is 0 Å². The third-order valence-electron chi connectivity index (χ3n) is 6.45. The Bertz CT molecular complexity index is 1250. The van der Waals surface area contributed by atoms with E-state index in [4.69, 9.17) is 4.74 Å². The summed E-state index contributed by atoms with van der Waals surface area (Å²) in [4.78, 5) is 4.85. The molecule has 1 aliphatic rings. The molecule has 2 aromatic carbocycles. The van der Waals surface area contributed by atoms with Gasteiger partial charge in [0.1, 0.15) is 16.7 Å². The van der Waals surface area contributed by atoms with Gasteiger partial charge in [0.2, 0.25) is 10.0 Å². The van der Waals surface area contributed by atoms with Gasteiger partial charge in [0.25, 0.3) is 0 Å². The van der Waals surface area contributed by atoms with Crippen LogP contribution in [-0.4, -0.2) is 55.2 Å². The van der Waals surface area contributed by atoms with E-state index in [2.05, 4.69) is 10.3 Å². The number of aromatic nitrogens is 1. The monoisotopic (exact) mass is 483 g/mol. The maximum atomic E-state index is 13.6. The van der Waals surface area contributed by atoms with Crippen LogP contribution >= 0.6 is 0 Å². The van der Waals surface area contributed by atoms with E-state index in [0.29, 0.717) is 31.6 Å². The molecule has 0 saturated carbocycles. The normalized spacial score (nSPS) is 19.9. The summed E-state index contributed by atoms with van der Waals surface area (Å²) in [5, 5.41) is 13.6. The van der Waals surface area contributed by atoms with E-state index in [1.54, 1.807) is 12.1 Å². The highest BCUT2D eigenvalue weighted by Crippen LogP contribution is 2.38. The Kier molecular flexibility index (Phi) is 7.12. The van der Waals surface area contributed by atoms with E-state index in [0.717, 1.165) is 28.9 Å². The molecule has 1 saturated heterocycles. The summed E-state index contributed by atoms with van der Waals surface area (Å²) in [7, 11) is -3.72. The largest absolute Gasteiger partial charge is 0.489 e. The van der Waals surface area contributed by atoms with Crippen molar-refractivity contribution in [2.75, 3.05) is 31.6 Å². The Morgan fingerprint density at radius 1 is 1.21 bits per heavy atom. The first-order valence-corrected chi connectivity index (χ1v) is 13.1. The van der Waals surface area contributed by atoms with Crippen molar-refractivity contribution >= 4 is 26.6 Å². The molecule has 2 atom stereocenters. The molecule has 0 amide bonds. The minimum atomic E-state index is -3.72. The fourth-order valence-electron chi connectivity index (χ4n) is 4.53. The van der Waals surface area contributed by atoms with E-state index in [1.165, 1.54) is 4.31 Å².